The van der Waals surface area contributed by atoms with Crippen LogP contribution in [0.5, 0.6) is 0 Å². The molecule has 0 aromatic carbocycles. The third-order valence-corrected chi connectivity index (χ3v) is 2.34. The molecule has 140 valence electrons. The summed E-state index contributed by atoms with van der Waals surface area (Å²) in [5, 5.41) is 4.65. The Morgan fingerprint density at radius 3 is 2.12 bits per heavy atom. The molecule has 1 unspecified atom stereocenters. The molecule has 10 nitrogen and oxygen atoms in total. The first-order valence-electron chi connectivity index (χ1n) is 7.59. The van der Waals surface area contributed by atoms with Crippen LogP contribution in [0.1, 0.15) is 20.8 Å². The molecule has 0 aromatic heterocycles. The van der Waals surface area contributed by atoms with Crippen molar-refractivity contribution in [3.05, 3.63) is 0 Å². The summed E-state index contributed by atoms with van der Waals surface area (Å²) < 4.78 is 24.6. The van der Waals surface area contributed by atoms with Crippen LogP contribution in [-0.2, 0) is 23.7 Å². The monoisotopic (exact) mass is 350 g/mol. The van der Waals surface area contributed by atoms with Gasteiger partial charge in [-0.2, -0.15) is 0 Å². The number of hydrogen-bond acceptors (Lipinski definition) is 8. The fourth-order valence-electron chi connectivity index (χ4n) is 1.30. The van der Waals surface area contributed by atoms with Crippen molar-refractivity contribution in [3.8, 4) is 0 Å². The van der Waals surface area contributed by atoms with Crippen LogP contribution >= 0.6 is 0 Å². The van der Waals surface area contributed by atoms with Gasteiger partial charge in [0.1, 0.15) is 19.8 Å². The summed E-state index contributed by atoms with van der Waals surface area (Å²) in [5.74, 6) is 0. The van der Waals surface area contributed by atoms with Gasteiger partial charge < -0.3 is 34.3 Å². The van der Waals surface area contributed by atoms with E-state index >= 15 is 0 Å². The molecule has 2 N–H and O–H groups in total. The summed E-state index contributed by atoms with van der Waals surface area (Å²) in [6.45, 7) is 5.46. The summed E-state index contributed by atoms with van der Waals surface area (Å²) in [5.41, 5.74) is 0. The number of rotatable bonds is 10. The maximum Gasteiger partial charge on any atom is 0.508 e. The summed E-state index contributed by atoms with van der Waals surface area (Å²) in [6.07, 6.45) is -3.34. The molecular formula is C14H26N2O8. The summed E-state index contributed by atoms with van der Waals surface area (Å²) >= 11 is 0. The molecule has 0 saturated carbocycles. The summed E-state index contributed by atoms with van der Waals surface area (Å²) in [4.78, 5) is 33.9. The predicted molar refractivity (Wildman–Crippen MR) is 82.7 cm³/mol. The molecule has 10 heteroatoms. The van der Waals surface area contributed by atoms with E-state index in [-0.39, 0.29) is 32.5 Å². The molecule has 0 aliphatic carbocycles. The Labute approximate surface area is 141 Å². The number of carbonyl (C=O) groups excluding carboxylic acids is 3. The first kappa shape index (κ1) is 21.8. The Balaban J connectivity index is 4.27. The second-order valence-corrected chi connectivity index (χ2v) is 4.74. The molecule has 1 atom stereocenters. The Bertz CT molecular complexity index is 389. The quantitative estimate of drug-likeness (QED) is 0.340. The van der Waals surface area contributed by atoms with Gasteiger partial charge in [0.25, 0.3) is 0 Å². The predicted octanol–water partition coefficient (Wildman–Crippen LogP) is 1.04. The molecule has 0 spiro atoms. The molecule has 0 heterocycles. The lowest BCUT2D eigenvalue weighted by Crippen LogP contribution is -2.35. The zero-order chi connectivity index (χ0) is 18.4. The smallest absolute Gasteiger partial charge is 0.445 e. The van der Waals surface area contributed by atoms with E-state index in [2.05, 4.69) is 10.6 Å². The van der Waals surface area contributed by atoms with Crippen molar-refractivity contribution < 1.29 is 38.1 Å². The van der Waals surface area contributed by atoms with Gasteiger partial charge in [0.05, 0.1) is 12.7 Å². The molecule has 0 saturated heterocycles. The van der Waals surface area contributed by atoms with Gasteiger partial charge in [0.15, 0.2) is 6.10 Å². The highest BCUT2D eigenvalue weighted by molar-refractivity contribution is 5.67. The normalized spacial score (nSPS) is 11.4. The van der Waals surface area contributed by atoms with Crippen LogP contribution in [0, 0.1) is 0 Å². The Hall–Kier alpha value is -2.23. The molecule has 0 aromatic rings. The number of hydrogen-bond donors (Lipinski definition) is 2. The zero-order valence-electron chi connectivity index (χ0n) is 14.5. The number of nitrogens with one attached hydrogen (secondary N) is 2. The maximum atomic E-state index is 11.6. The summed E-state index contributed by atoms with van der Waals surface area (Å²) in [7, 11) is 1.38. The molecule has 0 aliphatic heterocycles. The minimum absolute atomic E-state index is 0.0111. The van der Waals surface area contributed by atoms with Crippen LogP contribution in [-0.4, -0.2) is 70.6 Å². The molecule has 0 aliphatic rings. The minimum atomic E-state index is -0.997. The average Bonchev–Trinajstić information content (AvgIpc) is 2.53. The van der Waals surface area contributed by atoms with Gasteiger partial charge in [-0.3, -0.25) is 0 Å². The first-order valence-corrected chi connectivity index (χ1v) is 7.59. The van der Waals surface area contributed by atoms with E-state index in [4.69, 9.17) is 23.7 Å². The molecular weight excluding hydrogens is 324 g/mol. The van der Waals surface area contributed by atoms with Crippen molar-refractivity contribution >= 4 is 18.3 Å². The van der Waals surface area contributed by atoms with Crippen LogP contribution in [0.25, 0.3) is 0 Å². The van der Waals surface area contributed by atoms with Crippen LogP contribution in [0.15, 0.2) is 0 Å². The van der Waals surface area contributed by atoms with Gasteiger partial charge in [0.2, 0.25) is 0 Å². The van der Waals surface area contributed by atoms with Gasteiger partial charge in [-0.25, -0.2) is 14.4 Å². The number of amides is 2. The summed E-state index contributed by atoms with van der Waals surface area (Å²) in [6, 6.07) is 0. The second kappa shape index (κ2) is 13.2. The van der Waals surface area contributed by atoms with Crippen molar-refractivity contribution in [1.29, 1.82) is 0 Å². The first-order chi connectivity index (χ1) is 11.4. The molecule has 0 rings (SSSR count). The third kappa shape index (κ3) is 12.3. The van der Waals surface area contributed by atoms with E-state index in [0.717, 1.165) is 0 Å². The second-order valence-electron chi connectivity index (χ2n) is 4.74. The van der Waals surface area contributed by atoms with Gasteiger partial charge in [0, 0.05) is 13.6 Å². The molecule has 0 radical (unpaired) electrons. The van der Waals surface area contributed by atoms with Crippen molar-refractivity contribution in [2.45, 2.75) is 33.0 Å². The highest BCUT2D eigenvalue weighted by Gasteiger charge is 2.20. The molecule has 0 fully saturated rings. The lowest BCUT2D eigenvalue weighted by molar-refractivity contribution is -0.0357. The highest BCUT2D eigenvalue weighted by atomic mass is 16.7. The largest absolute Gasteiger partial charge is 0.508 e. The fraction of sp³-hybridized carbons (Fsp3) is 0.786. The van der Waals surface area contributed by atoms with E-state index in [1.54, 1.807) is 6.92 Å². The number of carbonyl (C=O) groups is 3. The molecule has 0 bridgehead atoms. The van der Waals surface area contributed by atoms with E-state index in [1.807, 2.05) is 13.8 Å². The number of alkyl carbamates (subject to hydrolysis) is 2. The fourth-order valence-corrected chi connectivity index (χ4v) is 1.30. The van der Waals surface area contributed by atoms with Crippen molar-refractivity contribution in [3.63, 3.8) is 0 Å². The van der Waals surface area contributed by atoms with Crippen molar-refractivity contribution in [2.75, 3.05) is 40.0 Å². The van der Waals surface area contributed by atoms with E-state index in [9.17, 15) is 14.4 Å². The minimum Gasteiger partial charge on any atom is -0.445 e. The molecule has 24 heavy (non-hydrogen) atoms. The third-order valence-electron chi connectivity index (χ3n) is 2.34. The molecule has 2 amide bonds. The van der Waals surface area contributed by atoms with Gasteiger partial charge in [-0.05, 0) is 20.8 Å². The van der Waals surface area contributed by atoms with Crippen molar-refractivity contribution in [1.82, 2.24) is 10.6 Å². The Kier molecular flexibility index (Phi) is 12.0. The van der Waals surface area contributed by atoms with E-state index in [1.165, 1.54) is 7.05 Å². The maximum absolute atomic E-state index is 11.6. The standard InChI is InChI=1S/C14H26N2O8/c1-5-16-13(18)23-9-11(8-22-12(17)15-4)24-14(19)21-7-6-20-10(2)3/h10-11H,5-9H2,1-4H3,(H,15,17)(H,16,18). The topological polar surface area (TPSA) is 121 Å². The zero-order valence-corrected chi connectivity index (χ0v) is 14.5. The Morgan fingerprint density at radius 2 is 1.58 bits per heavy atom. The average molecular weight is 350 g/mol. The van der Waals surface area contributed by atoms with Gasteiger partial charge in [-0.1, -0.05) is 0 Å². The van der Waals surface area contributed by atoms with Crippen LogP contribution in [0.3, 0.4) is 0 Å². The number of ether oxygens (including phenoxy) is 5. The SMILES string of the molecule is CCNC(=O)OCC(COC(=O)NC)OC(=O)OCCOC(C)C. The Morgan fingerprint density at radius 1 is 0.958 bits per heavy atom. The van der Waals surface area contributed by atoms with Crippen molar-refractivity contribution in [2.24, 2.45) is 0 Å². The lowest BCUT2D eigenvalue weighted by atomic mass is 10.4. The van der Waals surface area contributed by atoms with Crippen LogP contribution in [0.4, 0.5) is 14.4 Å². The highest BCUT2D eigenvalue weighted by Crippen LogP contribution is 2.00. The lowest BCUT2D eigenvalue weighted by Gasteiger charge is -2.17. The van der Waals surface area contributed by atoms with Gasteiger partial charge >= 0.3 is 18.3 Å². The van der Waals surface area contributed by atoms with Crippen LogP contribution < -0.4 is 10.6 Å². The van der Waals surface area contributed by atoms with Gasteiger partial charge in [-0.15, -0.1) is 0 Å². The van der Waals surface area contributed by atoms with Crippen LogP contribution in [0.2, 0.25) is 0 Å². The van der Waals surface area contributed by atoms with E-state index < -0.39 is 24.4 Å². The van der Waals surface area contributed by atoms with E-state index in [0.29, 0.717) is 6.54 Å².